The van der Waals surface area contributed by atoms with Crippen molar-refractivity contribution in [2.75, 3.05) is 5.32 Å². The first-order valence-electron chi connectivity index (χ1n) is 7.53. The number of aromatic nitrogens is 3. The number of halogens is 1. The van der Waals surface area contributed by atoms with Crippen molar-refractivity contribution in [2.24, 2.45) is 0 Å². The molecule has 0 aliphatic rings. The van der Waals surface area contributed by atoms with Gasteiger partial charge in [0.2, 0.25) is 0 Å². The Bertz CT molecular complexity index is 917. The van der Waals surface area contributed by atoms with E-state index in [-0.39, 0.29) is 17.3 Å². The van der Waals surface area contributed by atoms with Gasteiger partial charge in [-0.2, -0.15) is 0 Å². The van der Waals surface area contributed by atoms with E-state index in [9.17, 15) is 9.18 Å². The van der Waals surface area contributed by atoms with Crippen LogP contribution in [-0.2, 0) is 0 Å². The Kier molecular flexibility index (Phi) is 4.12. The molecule has 0 saturated heterocycles. The Balaban J connectivity index is 1.92. The summed E-state index contributed by atoms with van der Waals surface area (Å²) in [6.45, 7) is 5.55. The first kappa shape index (κ1) is 15.9. The molecular formula is C18H17FN4O. The van der Waals surface area contributed by atoms with Crippen LogP contribution < -0.4 is 5.32 Å². The minimum atomic E-state index is -0.424. The third-order valence-electron chi connectivity index (χ3n) is 3.83. The van der Waals surface area contributed by atoms with Gasteiger partial charge >= 0.3 is 0 Å². The molecule has 0 spiro atoms. The van der Waals surface area contributed by atoms with Crippen molar-refractivity contribution in [2.45, 2.75) is 20.8 Å². The number of nitrogens with zero attached hydrogens (tertiary/aromatic N) is 3. The molecule has 5 nitrogen and oxygen atoms in total. The Morgan fingerprint density at radius 2 is 1.88 bits per heavy atom. The molecule has 0 aliphatic heterocycles. The zero-order valence-electron chi connectivity index (χ0n) is 13.7. The average Bonchev–Trinajstić information content (AvgIpc) is 2.93. The van der Waals surface area contributed by atoms with E-state index in [1.54, 1.807) is 25.1 Å². The number of aryl methyl sites for hydroxylation is 2. The minimum absolute atomic E-state index is 0.166. The second-order valence-corrected chi connectivity index (χ2v) is 5.66. The number of para-hydroxylation sites is 1. The number of hydrogen-bond acceptors (Lipinski definition) is 3. The first-order chi connectivity index (χ1) is 11.5. The van der Waals surface area contributed by atoms with Crippen LogP contribution in [0, 0.1) is 26.6 Å². The lowest BCUT2D eigenvalue weighted by Gasteiger charge is -2.09. The molecule has 2 aromatic carbocycles. The van der Waals surface area contributed by atoms with Crippen molar-refractivity contribution in [1.29, 1.82) is 0 Å². The predicted octanol–water partition coefficient (Wildman–Crippen LogP) is 3.58. The van der Waals surface area contributed by atoms with Gasteiger partial charge in [0.25, 0.3) is 5.91 Å². The molecule has 1 N–H and O–H groups in total. The van der Waals surface area contributed by atoms with Gasteiger partial charge in [0.05, 0.1) is 5.69 Å². The van der Waals surface area contributed by atoms with E-state index in [4.69, 9.17) is 0 Å². The van der Waals surface area contributed by atoms with E-state index in [1.807, 2.05) is 32.0 Å². The average molecular weight is 324 g/mol. The molecule has 0 atom stereocenters. The molecule has 1 amide bonds. The third-order valence-corrected chi connectivity index (χ3v) is 3.83. The maximum Gasteiger partial charge on any atom is 0.278 e. The lowest BCUT2D eigenvalue weighted by molar-refractivity contribution is 0.102. The standard InChI is InChI=1S/C18H17FN4O/c1-11-8-9-12(2)15(10-11)20-18(24)17-13(3)23(22-21-17)16-7-5-4-6-14(16)19/h4-10H,1-3H3,(H,20,24). The minimum Gasteiger partial charge on any atom is -0.320 e. The van der Waals surface area contributed by atoms with Crippen molar-refractivity contribution < 1.29 is 9.18 Å². The number of carbonyl (C=O) groups is 1. The Morgan fingerprint density at radius 3 is 2.62 bits per heavy atom. The van der Waals surface area contributed by atoms with Crippen LogP contribution in [-0.4, -0.2) is 20.9 Å². The smallest absolute Gasteiger partial charge is 0.278 e. The molecule has 0 unspecified atom stereocenters. The van der Waals surface area contributed by atoms with E-state index in [1.165, 1.54) is 10.7 Å². The molecule has 0 bridgehead atoms. The molecule has 0 aliphatic carbocycles. The molecule has 1 aromatic heterocycles. The molecule has 0 fully saturated rings. The van der Waals surface area contributed by atoms with Crippen LogP contribution in [0.25, 0.3) is 5.69 Å². The number of anilines is 1. The number of carbonyl (C=O) groups excluding carboxylic acids is 1. The summed E-state index contributed by atoms with van der Waals surface area (Å²) >= 11 is 0. The summed E-state index contributed by atoms with van der Waals surface area (Å²) in [5.41, 5.74) is 3.62. The summed E-state index contributed by atoms with van der Waals surface area (Å²) in [4.78, 5) is 12.5. The Labute approximate surface area is 139 Å². The Morgan fingerprint density at radius 1 is 1.12 bits per heavy atom. The largest absolute Gasteiger partial charge is 0.320 e. The van der Waals surface area contributed by atoms with Gasteiger partial charge in [0, 0.05) is 5.69 Å². The summed E-state index contributed by atoms with van der Waals surface area (Å²) < 4.78 is 15.2. The van der Waals surface area contributed by atoms with Gasteiger partial charge in [0.15, 0.2) is 5.69 Å². The van der Waals surface area contributed by atoms with Crippen molar-refractivity contribution in [3.8, 4) is 5.69 Å². The fourth-order valence-corrected chi connectivity index (χ4v) is 2.44. The number of amides is 1. The monoisotopic (exact) mass is 324 g/mol. The van der Waals surface area contributed by atoms with E-state index >= 15 is 0 Å². The highest BCUT2D eigenvalue weighted by Gasteiger charge is 2.19. The summed E-state index contributed by atoms with van der Waals surface area (Å²) in [6, 6.07) is 12.0. The number of benzene rings is 2. The SMILES string of the molecule is Cc1ccc(C)c(NC(=O)c2nnn(-c3ccccc3F)c2C)c1. The predicted molar refractivity (Wildman–Crippen MR) is 89.9 cm³/mol. The molecule has 0 radical (unpaired) electrons. The maximum absolute atomic E-state index is 13.9. The first-order valence-corrected chi connectivity index (χ1v) is 7.53. The van der Waals surface area contributed by atoms with Crippen LogP contribution in [0.4, 0.5) is 10.1 Å². The summed E-state index contributed by atoms with van der Waals surface area (Å²) in [6.07, 6.45) is 0. The highest BCUT2D eigenvalue weighted by molar-refractivity contribution is 6.04. The van der Waals surface area contributed by atoms with Gasteiger partial charge in [-0.25, -0.2) is 9.07 Å². The van der Waals surface area contributed by atoms with Gasteiger partial charge in [-0.05, 0) is 50.1 Å². The fourth-order valence-electron chi connectivity index (χ4n) is 2.44. The third kappa shape index (κ3) is 2.90. The molecule has 3 aromatic rings. The van der Waals surface area contributed by atoms with Crippen LogP contribution in [0.1, 0.15) is 27.3 Å². The number of hydrogen-bond donors (Lipinski definition) is 1. The topological polar surface area (TPSA) is 59.8 Å². The molecule has 3 rings (SSSR count). The van der Waals surface area contributed by atoms with E-state index < -0.39 is 5.82 Å². The highest BCUT2D eigenvalue weighted by Crippen LogP contribution is 2.19. The van der Waals surface area contributed by atoms with Crippen molar-refractivity contribution in [1.82, 2.24) is 15.0 Å². The van der Waals surface area contributed by atoms with Gasteiger partial charge in [0.1, 0.15) is 11.5 Å². The lowest BCUT2D eigenvalue weighted by atomic mass is 10.1. The molecule has 122 valence electrons. The fraction of sp³-hybridized carbons (Fsp3) is 0.167. The zero-order valence-corrected chi connectivity index (χ0v) is 13.7. The lowest BCUT2D eigenvalue weighted by Crippen LogP contribution is -2.15. The summed E-state index contributed by atoms with van der Waals surface area (Å²) in [5.74, 6) is -0.796. The maximum atomic E-state index is 13.9. The quantitative estimate of drug-likeness (QED) is 0.801. The van der Waals surface area contributed by atoms with Crippen LogP contribution in [0.5, 0.6) is 0 Å². The van der Waals surface area contributed by atoms with Crippen molar-refractivity contribution >= 4 is 11.6 Å². The van der Waals surface area contributed by atoms with Crippen LogP contribution in [0.15, 0.2) is 42.5 Å². The molecule has 24 heavy (non-hydrogen) atoms. The second-order valence-electron chi connectivity index (χ2n) is 5.66. The summed E-state index contributed by atoms with van der Waals surface area (Å²) in [7, 11) is 0. The number of nitrogens with one attached hydrogen (secondary N) is 1. The van der Waals surface area contributed by atoms with Crippen molar-refractivity contribution in [3.05, 3.63) is 70.8 Å². The van der Waals surface area contributed by atoms with Gasteiger partial charge < -0.3 is 5.32 Å². The van der Waals surface area contributed by atoms with Crippen molar-refractivity contribution in [3.63, 3.8) is 0 Å². The number of rotatable bonds is 3. The van der Waals surface area contributed by atoms with Crippen LogP contribution in [0.3, 0.4) is 0 Å². The van der Waals surface area contributed by atoms with E-state index in [0.717, 1.165) is 16.8 Å². The molecule has 0 saturated carbocycles. The molecule has 6 heteroatoms. The van der Waals surface area contributed by atoms with E-state index in [2.05, 4.69) is 15.6 Å². The van der Waals surface area contributed by atoms with Gasteiger partial charge in [-0.3, -0.25) is 4.79 Å². The van der Waals surface area contributed by atoms with Crippen LogP contribution in [0.2, 0.25) is 0 Å². The summed E-state index contributed by atoms with van der Waals surface area (Å²) in [5, 5.41) is 10.7. The zero-order chi connectivity index (χ0) is 17.3. The van der Waals surface area contributed by atoms with Gasteiger partial charge in [-0.1, -0.05) is 29.5 Å². The normalized spacial score (nSPS) is 10.7. The highest BCUT2D eigenvalue weighted by atomic mass is 19.1. The molecular weight excluding hydrogens is 307 g/mol. The van der Waals surface area contributed by atoms with Crippen LogP contribution >= 0.6 is 0 Å². The Hall–Kier alpha value is -3.02. The van der Waals surface area contributed by atoms with E-state index in [0.29, 0.717) is 5.69 Å². The second kappa shape index (κ2) is 6.23. The van der Waals surface area contributed by atoms with Gasteiger partial charge in [-0.15, -0.1) is 5.10 Å². The molecule has 1 heterocycles.